The molecule has 4 aromatic rings. The molecule has 3 heterocycles. The average Bonchev–Trinajstić information content (AvgIpc) is 3.13. The van der Waals surface area contributed by atoms with Crippen LogP contribution in [0.5, 0.6) is 0 Å². The van der Waals surface area contributed by atoms with Crippen LogP contribution in [0.3, 0.4) is 0 Å². The topological polar surface area (TPSA) is 49.3 Å². The van der Waals surface area contributed by atoms with Gasteiger partial charge in [0.05, 0.1) is 5.39 Å². The van der Waals surface area contributed by atoms with E-state index in [0.717, 1.165) is 53.5 Å². The van der Waals surface area contributed by atoms with Crippen molar-refractivity contribution in [2.75, 3.05) is 31.1 Å². The van der Waals surface area contributed by atoms with E-state index in [0.29, 0.717) is 19.0 Å². The number of nitrogens with zero attached hydrogens (tertiary/aromatic N) is 4. The maximum absolute atomic E-state index is 13.4. The van der Waals surface area contributed by atoms with Gasteiger partial charge in [-0.15, -0.1) is 11.3 Å². The zero-order valence-electron chi connectivity index (χ0n) is 22.4. The van der Waals surface area contributed by atoms with Crippen LogP contribution in [0.15, 0.2) is 54.6 Å². The predicted octanol–water partition coefficient (Wildman–Crippen LogP) is 6.79. The van der Waals surface area contributed by atoms with Crippen molar-refractivity contribution < 1.29 is 4.79 Å². The van der Waals surface area contributed by atoms with Crippen LogP contribution in [0.25, 0.3) is 21.3 Å². The van der Waals surface area contributed by atoms with Gasteiger partial charge in [0.2, 0.25) is 0 Å². The van der Waals surface area contributed by atoms with Gasteiger partial charge in [-0.05, 0) is 60.4 Å². The number of thiophene rings is 1. The van der Waals surface area contributed by atoms with Crippen molar-refractivity contribution in [3.05, 3.63) is 76.4 Å². The van der Waals surface area contributed by atoms with Crippen LogP contribution in [0.4, 0.5) is 5.82 Å². The molecule has 1 amide bonds. The monoisotopic (exact) mass is 524 g/mol. The van der Waals surface area contributed by atoms with Crippen LogP contribution in [0, 0.1) is 5.92 Å². The first kappa shape index (κ1) is 25.1. The SMILES string of the molecule is CC(C)Cc1nc(N2CCN(C(=O)c3ccc(-c4ccccc4)cc3)CC2)c2c3c(sc2n1)CCCCC3. The Morgan fingerprint density at radius 1 is 0.868 bits per heavy atom. The Labute approximate surface area is 229 Å². The Hall–Kier alpha value is -3.25. The fourth-order valence-electron chi connectivity index (χ4n) is 5.78. The number of rotatable bonds is 5. The summed E-state index contributed by atoms with van der Waals surface area (Å²) < 4.78 is 0. The summed E-state index contributed by atoms with van der Waals surface area (Å²) >= 11 is 1.89. The summed E-state index contributed by atoms with van der Waals surface area (Å²) in [5.74, 6) is 2.68. The second kappa shape index (κ2) is 10.9. The number of amides is 1. The van der Waals surface area contributed by atoms with E-state index < -0.39 is 0 Å². The molecule has 0 spiro atoms. The summed E-state index contributed by atoms with van der Waals surface area (Å²) in [5.41, 5.74) is 4.54. The first-order valence-corrected chi connectivity index (χ1v) is 14.9. The molecule has 1 fully saturated rings. The van der Waals surface area contributed by atoms with E-state index in [2.05, 4.69) is 43.0 Å². The molecule has 0 saturated carbocycles. The molecule has 0 radical (unpaired) electrons. The molecule has 5 nitrogen and oxygen atoms in total. The van der Waals surface area contributed by atoms with Crippen molar-refractivity contribution >= 4 is 33.3 Å². The van der Waals surface area contributed by atoms with Crippen LogP contribution in [-0.4, -0.2) is 47.0 Å². The minimum atomic E-state index is 0.113. The van der Waals surface area contributed by atoms with Gasteiger partial charge in [-0.2, -0.15) is 0 Å². The Morgan fingerprint density at radius 3 is 2.32 bits per heavy atom. The summed E-state index contributed by atoms with van der Waals surface area (Å²) in [4.78, 5) is 30.6. The van der Waals surface area contributed by atoms with Crippen LogP contribution >= 0.6 is 11.3 Å². The van der Waals surface area contributed by atoms with E-state index in [9.17, 15) is 4.79 Å². The van der Waals surface area contributed by atoms with E-state index in [-0.39, 0.29) is 5.91 Å². The van der Waals surface area contributed by atoms with Crippen LogP contribution in [0.1, 0.15) is 59.7 Å². The zero-order chi connectivity index (χ0) is 26.1. The Kier molecular flexibility index (Phi) is 7.16. The number of fused-ring (bicyclic) bond motifs is 3. The number of aryl methyl sites for hydroxylation is 2. The molecule has 2 aromatic heterocycles. The minimum Gasteiger partial charge on any atom is -0.352 e. The van der Waals surface area contributed by atoms with Gasteiger partial charge in [-0.25, -0.2) is 9.97 Å². The molecule has 1 aliphatic heterocycles. The summed E-state index contributed by atoms with van der Waals surface area (Å²) in [6.07, 6.45) is 7.01. The number of carbonyl (C=O) groups is 1. The van der Waals surface area contributed by atoms with E-state index in [1.807, 2.05) is 46.6 Å². The summed E-state index contributed by atoms with van der Waals surface area (Å²) in [5, 5.41) is 1.29. The molecular formula is C32H36N4OS. The first-order valence-electron chi connectivity index (χ1n) is 14.1. The standard InChI is InChI=1S/C32H36N4OS/c1-22(2)21-28-33-30(29-26-11-7-4-8-12-27(26)38-31(29)34-28)35-17-19-36(20-18-35)32(37)25-15-13-24(14-16-25)23-9-5-3-6-10-23/h3,5-6,9-10,13-16,22H,4,7-8,11-12,17-21H2,1-2H3. The molecule has 6 rings (SSSR count). The molecule has 0 N–H and O–H groups in total. The lowest BCUT2D eigenvalue weighted by Gasteiger charge is -2.36. The lowest BCUT2D eigenvalue weighted by Crippen LogP contribution is -2.49. The summed E-state index contributed by atoms with van der Waals surface area (Å²) in [6, 6.07) is 18.3. The van der Waals surface area contributed by atoms with Crippen LogP contribution in [0.2, 0.25) is 0 Å². The third-order valence-corrected chi connectivity index (χ3v) is 8.97. The fourth-order valence-corrected chi connectivity index (χ4v) is 7.06. The van der Waals surface area contributed by atoms with Crippen LogP contribution in [-0.2, 0) is 19.3 Å². The van der Waals surface area contributed by atoms with Gasteiger partial charge >= 0.3 is 0 Å². The smallest absolute Gasteiger partial charge is 0.253 e. The largest absolute Gasteiger partial charge is 0.352 e. The number of hydrogen-bond acceptors (Lipinski definition) is 5. The van der Waals surface area contributed by atoms with Crippen molar-refractivity contribution in [3.63, 3.8) is 0 Å². The normalized spacial score (nSPS) is 16.1. The number of hydrogen-bond donors (Lipinski definition) is 0. The molecule has 2 aromatic carbocycles. The van der Waals surface area contributed by atoms with Gasteiger partial charge in [-0.3, -0.25) is 4.79 Å². The van der Waals surface area contributed by atoms with Crippen molar-refractivity contribution in [1.82, 2.24) is 14.9 Å². The number of benzene rings is 2. The summed E-state index contributed by atoms with van der Waals surface area (Å²) in [6.45, 7) is 7.46. The molecule has 0 unspecified atom stereocenters. The first-order chi connectivity index (χ1) is 18.6. The second-order valence-electron chi connectivity index (χ2n) is 11.0. The van der Waals surface area contributed by atoms with Crippen molar-refractivity contribution in [1.29, 1.82) is 0 Å². The van der Waals surface area contributed by atoms with Gasteiger partial charge in [0.25, 0.3) is 5.91 Å². The van der Waals surface area contributed by atoms with Gasteiger partial charge in [-0.1, -0.05) is 62.7 Å². The van der Waals surface area contributed by atoms with Gasteiger partial charge in [0, 0.05) is 43.0 Å². The molecular weight excluding hydrogens is 488 g/mol. The number of aromatic nitrogens is 2. The molecule has 0 atom stereocenters. The molecule has 38 heavy (non-hydrogen) atoms. The van der Waals surface area contributed by atoms with E-state index in [1.165, 1.54) is 47.1 Å². The molecule has 6 heteroatoms. The molecule has 2 aliphatic rings. The highest BCUT2D eigenvalue weighted by atomic mass is 32.1. The van der Waals surface area contributed by atoms with Gasteiger partial charge in [0.15, 0.2) is 0 Å². The third kappa shape index (κ3) is 5.06. The number of anilines is 1. The quantitative estimate of drug-likeness (QED) is 0.270. The Balaban J connectivity index is 1.22. The average molecular weight is 525 g/mol. The zero-order valence-corrected chi connectivity index (χ0v) is 23.3. The molecule has 196 valence electrons. The molecule has 1 saturated heterocycles. The number of carbonyl (C=O) groups excluding carboxylic acids is 1. The maximum Gasteiger partial charge on any atom is 0.253 e. The van der Waals surface area contributed by atoms with Crippen molar-refractivity contribution in [2.24, 2.45) is 5.92 Å². The Morgan fingerprint density at radius 2 is 1.58 bits per heavy atom. The molecule has 1 aliphatic carbocycles. The van der Waals surface area contributed by atoms with Gasteiger partial charge < -0.3 is 9.80 Å². The van der Waals surface area contributed by atoms with E-state index in [4.69, 9.17) is 9.97 Å². The van der Waals surface area contributed by atoms with Crippen molar-refractivity contribution in [3.8, 4) is 11.1 Å². The van der Waals surface area contributed by atoms with E-state index >= 15 is 0 Å². The predicted molar refractivity (Wildman–Crippen MR) is 157 cm³/mol. The van der Waals surface area contributed by atoms with Gasteiger partial charge in [0.1, 0.15) is 16.5 Å². The fraction of sp³-hybridized carbons (Fsp3) is 0.406. The van der Waals surface area contributed by atoms with Crippen molar-refractivity contribution in [2.45, 2.75) is 52.4 Å². The maximum atomic E-state index is 13.4. The number of piperazine rings is 1. The molecule has 0 bridgehead atoms. The lowest BCUT2D eigenvalue weighted by atomic mass is 10.0. The van der Waals surface area contributed by atoms with E-state index in [1.54, 1.807) is 0 Å². The Bertz CT molecular complexity index is 1420. The lowest BCUT2D eigenvalue weighted by molar-refractivity contribution is 0.0746. The highest BCUT2D eigenvalue weighted by molar-refractivity contribution is 7.19. The highest BCUT2D eigenvalue weighted by Gasteiger charge is 2.27. The van der Waals surface area contributed by atoms with Crippen LogP contribution < -0.4 is 4.90 Å². The third-order valence-electron chi connectivity index (χ3n) is 7.79. The summed E-state index contributed by atoms with van der Waals surface area (Å²) in [7, 11) is 0. The highest BCUT2D eigenvalue weighted by Crippen LogP contribution is 2.39. The minimum absolute atomic E-state index is 0.113. The second-order valence-corrected chi connectivity index (χ2v) is 12.1.